The minimum atomic E-state index is -0.637. The van der Waals surface area contributed by atoms with Gasteiger partial charge >= 0.3 is 0 Å². The van der Waals surface area contributed by atoms with Crippen LogP contribution in [0.25, 0.3) is 0 Å². The molecule has 110 valence electrons. The van der Waals surface area contributed by atoms with E-state index in [4.69, 9.17) is 4.74 Å². The van der Waals surface area contributed by atoms with Crippen LogP contribution in [0.4, 0.5) is 0 Å². The van der Waals surface area contributed by atoms with Crippen molar-refractivity contribution in [2.45, 2.75) is 37.6 Å². The molecule has 5 nitrogen and oxygen atoms in total. The summed E-state index contributed by atoms with van der Waals surface area (Å²) in [5.74, 6) is 0.645. The third-order valence-corrected chi connectivity index (χ3v) is 3.64. The fraction of sp³-hybridized carbons (Fsp3) is 0.533. The number of carbonyl (C=O) groups is 1. The average molecular weight is 278 g/mol. The number of amides is 1. The summed E-state index contributed by atoms with van der Waals surface area (Å²) in [6.07, 6.45) is -0.359. The molecule has 1 aromatic carbocycles. The highest BCUT2D eigenvalue weighted by Gasteiger charge is 2.45. The molecular formula is C15H22N2O3. The first-order valence-electron chi connectivity index (χ1n) is 6.82. The molecule has 0 bridgehead atoms. The lowest BCUT2D eigenvalue weighted by Gasteiger charge is -2.29. The summed E-state index contributed by atoms with van der Waals surface area (Å²) in [5.41, 5.74) is 0. The quantitative estimate of drug-likeness (QED) is 0.848. The summed E-state index contributed by atoms with van der Waals surface area (Å²) < 4.78 is 5.85. The molecule has 0 saturated heterocycles. The SMILES string of the molecule is CC(=O)N[C@@H]1C[C@@H](Oc2ccccc2)[C@H](O)[C@H]1N(C)C. The lowest BCUT2D eigenvalue weighted by molar-refractivity contribution is -0.120. The molecule has 1 aliphatic rings. The van der Waals surface area contributed by atoms with Crippen molar-refractivity contribution in [1.29, 1.82) is 0 Å². The molecular weight excluding hydrogens is 256 g/mol. The van der Waals surface area contributed by atoms with E-state index in [2.05, 4.69) is 5.32 Å². The van der Waals surface area contributed by atoms with Gasteiger partial charge in [0, 0.05) is 13.3 Å². The number of aliphatic hydroxyl groups excluding tert-OH is 1. The molecule has 4 atom stereocenters. The van der Waals surface area contributed by atoms with Gasteiger partial charge in [-0.15, -0.1) is 0 Å². The van der Waals surface area contributed by atoms with Gasteiger partial charge in [0.15, 0.2) is 0 Å². The smallest absolute Gasteiger partial charge is 0.217 e. The Morgan fingerprint density at radius 2 is 2.00 bits per heavy atom. The molecule has 1 saturated carbocycles. The standard InChI is InChI=1S/C15H22N2O3/c1-10(18)16-12-9-13(15(19)14(12)17(2)3)20-11-7-5-4-6-8-11/h4-8,12-15,19H,9H2,1-3H3,(H,16,18)/t12-,13-,14+,15+/m1/s1. The number of para-hydroxylation sites is 1. The topological polar surface area (TPSA) is 61.8 Å². The summed E-state index contributed by atoms with van der Waals surface area (Å²) in [7, 11) is 3.79. The van der Waals surface area contributed by atoms with Crippen molar-refractivity contribution < 1.29 is 14.6 Å². The summed E-state index contributed by atoms with van der Waals surface area (Å²) in [6.45, 7) is 1.49. The second-order valence-electron chi connectivity index (χ2n) is 5.46. The number of aliphatic hydroxyl groups is 1. The van der Waals surface area contributed by atoms with Crippen molar-refractivity contribution in [3.8, 4) is 5.75 Å². The largest absolute Gasteiger partial charge is 0.488 e. The molecule has 1 amide bonds. The van der Waals surface area contributed by atoms with E-state index in [0.717, 1.165) is 5.75 Å². The second kappa shape index (κ2) is 6.24. The van der Waals surface area contributed by atoms with Crippen molar-refractivity contribution in [3.05, 3.63) is 30.3 Å². The van der Waals surface area contributed by atoms with E-state index in [9.17, 15) is 9.90 Å². The minimum Gasteiger partial charge on any atom is -0.488 e. The number of nitrogens with one attached hydrogen (secondary N) is 1. The van der Waals surface area contributed by atoms with Gasteiger partial charge in [0.2, 0.25) is 5.91 Å². The van der Waals surface area contributed by atoms with Crippen LogP contribution in [0.15, 0.2) is 30.3 Å². The zero-order valence-corrected chi connectivity index (χ0v) is 12.1. The van der Waals surface area contributed by atoms with E-state index in [1.807, 2.05) is 49.3 Å². The maximum atomic E-state index is 11.3. The van der Waals surface area contributed by atoms with Crippen LogP contribution in [0.3, 0.4) is 0 Å². The number of hydrogen-bond donors (Lipinski definition) is 2. The van der Waals surface area contributed by atoms with Gasteiger partial charge in [0.1, 0.15) is 18.0 Å². The van der Waals surface area contributed by atoms with Crippen LogP contribution in [-0.4, -0.2) is 54.3 Å². The second-order valence-corrected chi connectivity index (χ2v) is 5.46. The number of benzene rings is 1. The van der Waals surface area contributed by atoms with Crippen LogP contribution in [0.5, 0.6) is 5.75 Å². The van der Waals surface area contributed by atoms with Gasteiger partial charge in [-0.05, 0) is 26.2 Å². The van der Waals surface area contributed by atoms with Crippen molar-refractivity contribution in [2.24, 2.45) is 0 Å². The van der Waals surface area contributed by atoms with Crippen molar-refractivity contribution >= 4 is 5.91 Å². The average Bonchev–Trinajstić information content (AvgIpc) is 2.66. The minimum absolute atomic E-state index is 0.0885. The van der Waals surface area contributed by atoms with E-state index < -0.39 is 6.10 Å². The molecule has 1 fully saturated rings. The maximum Gasteiger partial charge on any atom is 0.217 e. The van der Waals surface area contributed by atoms with Crippen molar-refractivity contribution in [3.63, 3.8) is 0 Å². The van der Waals surface area contributed by atoms with E-state index in [-0.39, 0.29) is 24.1 Å². The van der Waals surface area contributed by atoms with Crippen molar-refractivity contribution in [2.75, 3.05) is 14.1 Å². The van der Waals surface area contributed by atoms with Crippen LogP contribution in [0.1, 0.15) is 13.3 Å². The molecule has 0 unspecified atom stereocenters. The molecule has 0 spiro atoms. The number of likely N-dealkylation sites (N-methyl/N-ethyl adjacent to an activating group) is 1. The van der Waals surface area contributed by atoms with Gasteiger partial charge < -0.3 is 20.1 Å². The Balaban J connectivity index is 2.09. The van der Waals surface area contributed by atoms with Gasteiger partial charge in [0.05, 0.1) is 12.1 Å². The van der Waals surface area contributed by atoms with Gasteiger partial charge in [-0.2, -0.15) is 0 Å². The van der Waals surface area contributed by atoms with Crippen LogP contribution in [-0.2, 0) is 4.79 Å². The third-order valence-electron chi connectivity index (χ3n) is 3.64. The molecule has 2 N–H and O–H groups in total. The Morgan fingerprint density at radius 3 is 2.55 bits per heavy atom. The first kappa shape index (κ1) is 14.8. The van der Waals surface area contributed by atoms with Gasteiger partial charge in [0.25, 0.3) is 0 Å². The fourth-order valence-corrected chi connectivity index (χ4v) is 2.85. The summed E-state index contributed by atoms with van der Waals surface area (Å²) >= 11 is 0. The highest BCUT2D eigenvalue weighted by atomic mass is 16.5. The molecule has 0 heterocycles. The molecule has 0 aromatic heterocycles. The molecule has 0 radical (unpaired) electrons. The summed E-state index contributed by atoms with van der Waals surface area (Å²) in [5, 5.41) is 13.3. The van der Waals surface area contributed by atoms with E-state index >= 15 is 0 Å². The molecule has 5 heteroatoms. The highest BCUT2D eigenvalue weighted by molar-refractivity contribution is 5.73. The zero-order chi connectivity index (χ0) is 14.7. The number of hydrogen-bond acceptors (Lipinski definition) is 4. The monoisotopic (exact) mass is 278 g/mol. The van der Waals surface area contributed by atoms with Crippen LogP contribution in [0, 0.1) is 0 Å². The zero-order valence-electron chi connectivity index (χ0n) is 12.1. The number of nitrogens with zero attached hydrogens (tertiary/aromatic N) is 1. The van der Waals surface area contributed by atoms with Crippen LogP contribution >= 0.6 is 0 Å². The van der Waals surface area contributed by atoms with Crippen LogP contribution < -0.4 is 10.1 Å². The Labute approximate surface area is 119 Å². The Kier molecular flexibility index (Phi) is 4.62. The number of carbonyl (C=O) groups excluding carboxylic acids is 1. The first-order valence-corrected chi connectivity index (χ1v) is 6.82. The highest BCUT2D eigenvalue weighted by Crippen LogP contribution is 2.28. The molecule has 1 aliphatic carbocycles. The maximum absolute atomic E-state index is 11.3. The Bertz CT molecular complexity index is 450. The van der Waals surface area contributed by atoms with Crippen LogP contribution in [0.2, 0.25) is 0 Å². The van der Waals surface area contributed by atoms with E-state index in [1.54, 1.807) is 0 Å². The molecule has 1 aromatic rings. The molecule has 2 rings (SSSR count). The summed E-state index contributed by atoms with van der Waals surface area (Å²) in [6, 6.07) is 9.18. The normalized spacial score (nSPS) is 29.4. The predicted octanol–water partition coefficient (Wildman–Crippen LogP) is 0.633. The first-order chi connectivity index (χ1) is 9.49. The van der Waals surface area contributed by atoms with Gasteiger partial charge in [-0.1, -0.05) is 18.2 Å². The van der Waals surface area contributed by atoms with E-state index in [0.29, 0.717) is 6.42 Å². The molecule has 0 aliphatic heterocycles. The van der Waals surface area contributed by atoms with Crippen molar-refractivity contribution in [1.82, 2.24) is 10.2 Å². The number of ether oxygens (including phenoxy) is 1. The number of rotatable bonds is 4. The van der Waals surface area contributed by atoms with E-state index in [1.165, 1.54) is 6.92 Å². The predicted molar refractivity (Wildman–Crippen MR) is 76.6 cm³/mol. The van der Waals surface area contributed by atoms with Gasteiger partial charge in [-0.25, -0.2) is 0 Å². The fourth-order valence-electron chi connectivity index (χ4n) is 2.85. The summed E-state index contributed by atoms with van der Waals surface area (Å²) in [4.78, 5) is 13.2. The lowest BCUT2D eigenvalue weighted by Crippen LogP contribution is -2.50. The molecule has 20 heavy (non-hydrogen) atoms. The third kappa shape index (κ3) is 3.29. The Hall–Kier alpha value is -1.59. The lowest BCUT2D eigenvalue weighted by atomic mass is 10.1. The Morgan fingerprint density at radius 1 is 1.35 bits per heavy atom. The van der Waals surface area contributed by atoms with Gasteiger partial charge in [-0.3, -0.25) is 4.79 Å².